The summed E-state index contributed by atoms with van der Waals surface area (Å²) in [5.74, 6) is -2.99. The van der Waals surface area contributed by atoms with E-state index in [2.05, 4.69) is 6.92 Å². The second-order valence-corrected chi connectivity index (χ2v) is 9.35. The van der Waals surface area contributed by atoms with Crippen LogP contribution >= 0.6 is 0 Å². The Morgan fingerprint density at radius 1 is 0.941 bits per heavy atom. The molecule has 0 heterocycles. The van der Waals surface area contributed by atoms with Crippen LogP contribution in [0, 0.1) is 40.6 Å². The minimum Gasteiger partial charge on any atom is -0.423 e. The molecule has 3 rings (SSSR count). The molecule has 34 heavy (non-hydrogen) atoms. The Morgan fingerprint density at radius 3 is 2.18 bits per heavy atom. The number of aryl methyl sites for hydroxylation is 1. The van der Waals surface area contributed by atoms with Gasteiger partial charge in [-0.25, -0.2) is 18.0 Å². The van der Waals surface area contributed by atoms with Gasteiger partial charge in [0.05, 0.1) is 5.56 Å². The van der Waals surface area contributed by atoms with Crippen molar-refractivity contribution in [1.29, 1.82) is 5.26 Å². The number of ether oxygens (including phenoxy) is 1. The average Bonchev–Trinajstić information content (AvgIpc) is 2.81. The lowest BCUT2D eigenvalue weighted by molar-refractivity contribution is 0.0729. The van der Waals surface area contributed by atoms with Gasteiger partial charge in [0, 0.05) is 12.1 Å². The van der Waals surface area contributed by atoms with Gasteiger partial charge in [0.15, 0.2) is 0 Å². The lowest BCUT2D eigenvalue weighted by atomic mass is 9.77. The zero-order valence-electron chi connectivity index (χ0n) is 19.7. The number of esters is 1. The number of benzene rings is 2. The van der Waals surface area contributed by atoms with Crippen molar-refractivity contribution in [2.24, 2.45) is 11.8 Å². The molecule has 3 nitrogen and oxygen atoms in total. The summed E-state index contributed by atoms with van der Waals surface area (Å²) >= 11 is 0. The molecule has 2 aromatic rings. The first-order chi connectivity index (χ1) is 16.4. The second kappa shape index (κ2) is 12.6. The highest BCUT2D eigenvalue weighted by Gasteiger charge is 2.22. The summed E-state index contributed by atoms with van der Waals surface area (Å²) in [5.41, 5.74) is -0.264. The average molecular weight is 472 g/mol. The van der Waals surface area contributed by atoms with Crippen molar-refractivity contribution in [3.05, 3.63) is 64.5 Å². The molecule has 1 fully saturated rings. The summed E-state index contributed by atoms with van der Waals surface area (Å²) in [6.45, 7) is 2.23. The number of hydrogen-bond acceptors (Lipinski definition) is 3. The van der Waals surface area contributed by atoms with Crippen molar-refractivity contribution >= 4 is 5.97 Å². The molecular formula is C28H32F3NO2. The maximum Gasteiger partial charge on any atom is 0.346 e. The van der Waals surface area contributed by atoms with E-state index >= 15 is 0 Å². The normalized spacial score (nSPS) is 17.9. The fourth-order valence-electron chi connectivity index (χ4n) is 4.80. The molecule has 0 spiro atoms. The van der Waals surface area contributed by atoms with Gasteiger partial charge in [-0.05, 0) is 42.4 Å². The summed E-state index contributed by atoms with van der Waals surface area (Å²) in [6, 6.07) is 7.21. The van der Waals surface area contributed by atoms with Gasteiger partial charge in [-0.3, -0.25) is 0 Å². The molecule has 0 amide bonds. The second-order valence-electron chi connectivity index (χ2n) is 9.35. The Morgan fingerprint density at radius 2 is 1.59 bits per heavy atom. The van der Waals surface area contributed by atoms with E-state index in [0.717, 1.165) is 36.5 Å². The molecular weight excluding hydrogens is 439 g/mol. The molecule has 0 atom stereocenters. The highest BCUT2D eigenvalue weighted by Crippen LogP contribution is 2.34. The SMILES string of the molecule is CCCCCCC1CCC(CCc2ccc(C(=O)Oc3cc(F)c(C#N)c(F)c3)c(F)c2)CC1. The third-order valence-electron chi connectivity index (χ3n) is 6.86. The van der Waals surface area contributed by atoms with Gasteiger partial charge in [-0.1, -0.05) is 70.8 Å². The first kappa shape index (κ1) is 25.8. The summed E-state index contributed by atoms with van der Waals surface area (Å²) in [4.78, 5) is 12.3. The summed E-state index contributed by atoms with van der Waals surface area (Å²) in [6.07, 6.45) is 13.4. The van der Waals surface area contributed by atoms with Crippen LogP contribution in [0.1, 0.15) is 92.6 Å². The van der Waals surface area contributed by atoms with Crippen LogP contribution < -0.4 is 4.74 Å². The minimum absolute atomic E-state index is 0.308. The molecule has 2 aromatic carbocycles. The first-order valence-corrected chi connectivity index (χ1v) is 12.3. The van der Waals surface area contributed by atoms with Crippen LogP contribution in [0.5, 0.6) is 5.75 Å². The van der Waals surface area contributed by atoms with E-state index in [-0.39, 0.29) is 5.56 Å². The van der Waals surface area contributed by atoms with Crippen molar-refractivity contribution in [1.82, 2.24) is 0 Å². The zero-order valence-corrected chi connectivity index (χ0v) is 19.7. The quantitative estimate of drug-likeness (QED) is 0.201. The molecule has 1 aliphatic carbocycles. The van der Waals surface area contributed by atoms with E-state index in [4.69, 9.17) is 10.00 Å². The standard InChI is InChI=1S/C28H32F3NO2/c1-2-3-4-5-6-19-7-9-20(10-8-19)11-12-21-13-14-23(25(29)15-21)28(33)34-22-16-26(30)24(18-32)27(31)17-22/h13-17,19-20H,2-12H2,1H3. The van der Waals surface area contributed by atoms with Gasteiger partial charge in [0.1, 0.15) is 34.8 Å². The molecule has 0 aromatic heterocycles. The van der Waals surface area contributed by atoms with Crippen LogP contribution in [0.4, 0.5) is 13.2 Å². The number of rotatable bonds is 10. The molecule has 182 valence electrons. The number of hydrogen-bond donors (Lipinski definition) is 0. The molecule has 0 bridgehead atoms. The van der Waals surface area contributed by atoms with Gasteiger partial charge in [0.2, 0.25) is 0 Å². The number of nitriles is 1. The maximum absolute atomic E-state index is 14.6. The monoisotopic (exact) mass is 471 g/mol. The molecule has 0 aliphatic heterocycles. The number of carbonyl (C=O) groups is 1. The van der Waals surface area contributed by atoms with Gasteiger partial charge in [-0.2, -0.15) is 5.26 Å². The van der Waals surface area contributed by atoms with Crippen LogP contribution in [0.25, 0.3) is 0 Å². The van der Waals surface area contributed by atoms with Crippen molar-refractivity contribution in [2.45, 2.75) is 77.6 Å². The Labute approximate surface area is 199 Å². The maximum atomic E-state index is 14.6. The Balaban J connectivity index is 1.49. The Hall–Kier alpha value is -2.81. The van der Waals surface area contributed by atoms with E-state index in [1.54, 1.807) is 6.07 Å². The van der Waals surface area contributed by atoms with E-state index in [9.17, 15) is 18.0 Å². The van der Waals surface area contributed by atoms with Crippen molar-refractivity contribution < 1.29 is 22.7 Å². The van der Waals surface area contributed by atoms with Gasteiger partial charge < -0.3 is 4.74 Å². The lowest BCUT2D eigenvalue weighted by Crippen LogP contribution is -2.15. The molecule has 1 saturated carbocycles. The predicted molar refractivity (Wildman–Crippen MR) is 125 cm³/mol. The van der Waals surface area contributed by atoms with Gasteiger partial charge >= 0.3 is 5.97 Å². The number of unbranched alkanes of at least 4 members (excludes halogenated alkanes) is 3. The lowest BCUT2D eigenvalue weighted by Gasteiger charge is -2.28. The van der Waals surface area contributed by atoms with Crippen LogP contribution in [0.2, 0.25) is 0 Å². The van der Waals surface area contributed by atoms with Crippen LogP contribution in [-0.4, -0.2) is 5.97 Å². The fourth-order valence-corrected chi connectivity index (χ4v) is 4.80. The zero-order chi connectivity index (χ0) is 24.5. The number of carbonyl (C=O) groups excluding carboxylic acids is 1. The van der Waals surface area contributed by atoms with Gasteiger partial charge in [0.25, 0.3) is 0 Å². The summed E-state index contributed by atoms with van der Waals surface area (Å²) in [5, 5.41) is 8.71. The number of nitrogens with zero attached hydrogens (tertiary/aromatic N) is 1. The Kier molecular flexibility index (Phi) is 9.56. The molecule has 0 saturated heterocycles. The molecule has 1 aliphatic rings. The van der Waals surface area contributed by atoms with Crippen molar-refractivity contribution in [3.8, 4) is 11.8 Å². The molecule has 0 radical (unpaired) electrons. The van der Waals surface area contributed by atoms with E-state index < -0.39 is 34.7 Å². The third-order valence-corrected chi connectivity index (χ3v) is 6.86. The summed E-state index contributed by atoms with van der Waals surface area (Å²) < 4.78 is 46.9. The highest BCUT2D eigenvalue weighted by molar-refractivity contribution is 5.91. The van der Waals surface area contributed by atoms with Crippen LogP contribution in [0.3, 0.4) is 0 Å². The predicted octanol–water partition coefficient (Wildman–Crippen LogP) is 7.90. The summed E-state index contributed by atoms with van der Waals surface area (Å²) in [7, 11) is 0. The number of halogens is 3. The van der Waals surface area contributed by atoms with E-state index in [0.29, 0.717) is 5.92 Å². The van der Waals surface area contributed by atoms with E-state index in [1.165, 1.54) is 76.0 Å². The van der Waals surface area contributed by atoms with E-state index in [1.807, 2.05) is 0 Å². The molecule has 0 N–H and O–H groups in total. The molecule has 0 unspecified atom stereocenters. The Bertz CT molecular complexity index is 1000. The third kappa shape index (κ3) is 7.09. The van der Waals surface area contributed by atoms with Crippen LogP contribution in [0.15, 0.2) is 30.3 Å². The minimum atomic E-state index is -1.15. The molecule has 6 heteroatoms. The van der Waals surface area contributed by atoms with Crippen LogP contribution in [-0.2, 0) is 6.42 Å². The largest absolute Gasteiger partial charge is 0.423 e. The highest BCUT2D eigenvalue weighted by atomic mass is 19.1. The fraction of sp³-hybridized carbons (Fsp3) is 0.500. The smallest absolute Gasteiger partial charge is 0.346 e. The van der Waals surface area contributed by atoms with Crippen molar-refractivity contribution in [2.75, 3.05) is 0 Å². The van der Waals surface area contributed by atoms with Crippen molar-refractivity contribution in [3.63, 3.8) is 0 Å². The first-order valence-electron chi connectivity index (χ1n) is 12.3. The topological polar surface area (TPSA) is 50.1 Å². The van der Waals surface area contributed by atoms with Gasteiger partial charge in [-0.15, -0.1) is 0 Å².